The lowest BCUT2D eigenvalue weighted by Gasteiger charge is -2.23. The molecule has 2 heterocycles. The first kappa shape index (κ1) is 14.1. The molecule has 0 aliphatic carbocycles. The van der Waals surface area contributed by atoms with Crippen LogP contribution in [-0.2, 0) is 4.79 Å². The van der Waals surface area contributed by atoms with E-state index in [0.29, 0.717) is 13.0 Å². The molecule has 1 amide bonds. The van der Waals surface area contributed by atoms with Gasteiger partial charge in [-0.25, -0.2) is 4.39 Å². The molecular weight excluding hydrogens is 251 g/mol. The lowest BCUT2D eigenvalue weighted by molar-refractivity contribution is -0.132. The average Bonchev–Trinajstić information content (AvgIpc) is 2.53. The summed E-state index contributed by atoms with van der Waals surface area (Å²) >= 11 is 1.89. The van der Waals surface area contributed by atoms with Crippen molar-refractivity contribution in [3.8, 4) is 0 Å². The maximum atomic E-state index is 12.9. The molecule has 0 unspecified atom stereocenters. The van der Waals surface area contributed by atoms with Crippen LogP contribution in [0.1, 0.15) is 12.8 Å². The minimum atomic E-state index is -0.847. The van der Waals surface area contributed by atoms with Crippen LogP contribution in [0, 0.1) is 0 Å². The Morgan fingerprint density at radius 3 is 2.88 bits per heavy atom. The van der Waals surface area contributed by atoms with Crippen molar-refractivity contribution in [3.63, 3.8) is 0 Å². The molecule has 6 heteroatoms. The van der Waals surface area contributed by atoms with Crippen molar-refractivity contribution in [2.75, 3.05) is 31.1 Å². The minimum Gasteiger partial charge on any atom is -0.340 e. The van der Waals surface area contributed by atoms with Gasteiger partial charge in [-0.2, -0.15) is 11.8 Å². The zero-order chi connectivity index (χ0) is 10.7. The maximum Gasteiger partial charge on any atom is 0.239 e. The van der Waals surface area contributed by atoms with Gasteiger partial charge < -0.3 is 10.2 Å². The van der Waals surface area contributed by atoms with Crippen LogP contribution in [0.4, 0.5) is 4.39 Å². The fraction of sp³-hybridized carbons (Fsp3) is 0.900. The summed E-state index contributed by atoms with van der Waals surface area (Å²) in [7, 11) is 0. The van der Waals surface area contributed by atoms with E-state index in [1.165, 1.54) is 0 Å². The molecule has 94 valence electrons. The van der Waals surface area contributed by atoms with Crippen LogP contribution < -0.4 is 5.32 Å². The first-order valence-electron chi connectivity index (χ1n) is 5.51. The van der Waals surface area contributed by atoms with Crippen LogP contribution in [0.3, 0.4) is 0 Å². The van der Waals surface area contributed by atoms with Crippen LogP contribution in [0.25, 0.3) is 0 Å². The van der Waals surface area contributed by atoms with Crippen molar-refractivity contribution in [1.82, 2.24) is 10.2 Å². The summed E-state index contributed by atoms with van der Waals surface area (Å²) in [4.78, 5) is 13.9. The van der Waals surface area contributed by atoms with Gasteiger partial charge in [0.05, 0.1) is 6.04 Å². The average molecular weight is 269 g/mol. The molecule has 0 aromatic carbocycles. The van der Waals surface area contributed by atoms with Gasteiger partial charge in [-0.3, -0.25) is 4.79 Å². The second kappa shape index (κ2) is 6.67. The van der Waals surface area contributed by atoms with Gasteiger partial charge in [0.15, 0.2) is 0 Å². The first-order chi connectivity index (χ1) is 7.27. The molecule has 3 nitrogen and oxygen atoms in total. The number of halogens is 2. The number of rotatable bonds is 1. The topological polar surface area (TPSA) is 32.3 Å². The summed E-state index contributed by atoms with van der Waals surface area (Å²) in [5, 5.41) is 2.95. The van der Waals surface area contributed by atoms with E-state index in [1.54, 1.807) is 0 Å². The van der Waals surface area contributed by atoms with E-state index in [2.05, 4.69) is 5.32 Å². The lowest BCUT2D eigenvalue weighted by atomic mass is 10.2. The number of nitrogens with zero attached hydrogens (tertiary/aromatic N) is 1. The van der Waals surface area contributed by atoms with Crippen molar-refractivity contribution >= 4 is 30.1 Å². The molecule has 2 aliphatic heterocycles. The Balaban J connectivity index is 0.00000128. The van der Waals surface area contributed by atoms with Crippen LogP contribution in [0.5, 0.6) is 0 Å². The minimum absolute atomic E-state index is 0. The zero-order valence-corrected chi connectivity index (χ0v) is 10.8. The van der Waals surface area contributed by atoms with E-state index < -0.39 is 6.17 Å². The molecule has 2 saturated heterocycles. The van der Waals surface area contributed by atoms with E-state index >= 15 is 0 Å². The Morgan fingerprint density at radius 2 is 2.19 bits per heavy atom. The number of thioether (sulfide) groups is 1. The van der Waals surface area contributed by atoms with Crippen LogP contribution in [0.15, 0.2) is 0 Å². The normalized spacial score (nSPS) is 30.7. The summed E-state index contributed by atoms with van der Waals surface area (Å²) in [5.41, 5.74) is 0. The highest BCUT2D eigenvalue weighted by Gasteiger charge is 2.32. The second-order valence-corrected chi connectivity index (χ2v) is 5.31. The number of amides is 1. The highest BCUT2D eigenvalue weighted by Crippen LogP contribution is 2.15. The van der Waals surface area contributed by atoms with Gasteiger partial charge in [0.2, 0.25) is 5.91 Å². The summed E-state index contributed by atoms with van der Waals surface area (Å²) < 4.78 is 12.9. The fourth-order valence-corrected chi connectivity index (χ4v) is 2.95. The van der Waals surface area contributed by atoms with E-state index in [4.69, 9.17) is 0 Å². The Kier molecular flexibility index (Phi) is 5.86. The van der Waals surface area contributed by atoms with Gasteiger partial charge >= 0.3 is 0 Å². The van der Waals surface area contributed by atoms with Gasteiger partial charge in [0, 0.05) is 31.8 Å². The highest BCUT2D eigenvalue weighted by atomic mass is 35.5. The number of alkyl halides is 1. The number of nitrogens with one attached hydrogen (secondary N) is 1. The quantitative estimate of drug-likeness (QED) is 0.772. The predicted octanol–water partition coefficient (Wildman–Crippen LogP) is 1.07. The SMILES string of the molecule is Cl.O=C([C@H]1C[C@H](F)CN1)N1CCCSCC1. The highest BCUT2D eigenvalue weighted by molar-refractivity contribution is 7.99. The smallest absolute Gasteiger partial charge is 0.239 e. The number of carbonyl (C=O) groups is 1. The third kappa shape index (κ3) is 3.50. The molecule has 2 rings (SSSR count). The molecule has 0 aromatic rings. The summed E-state index contributed by atoms with van der Waals surface area (Å²) in [6, 6.07) is -0.275. The van der Waals surface area contributed by atoms with Crippen molar-refractivity contribution in [1.29, 1.82) is 0 Å². The zero-order valence-electron chi connectivity index (χ0n) is 9.15. The van der Waals surface area contributed by atoms with Gasteiger partial charge in [0.1, 0.15) is 6.17 Å². The fourth-order valence-electron chi connectivity index (χ4n) is 2.07. The van der Waals surface area contributed by atoms with Crippen LogP contribution >= 0.6 is 24.2 Å². The van der Waals surface area contributed by atoms with Crippen molar-refractivity contribution in [2.45, 2.75) is 25.1 Å². The molecule has 16 heavy (non-hydrogen) atoms. The van der Waals surface area contributed by atoms with Gasteiger partial charge in [-0.1, -0.05) is 0 Å². The number of hydrogen-bond donors (Lipinski definition) is 1. The van der Waals surface area contributed by atoms with Gasteiger partial charge in [-0.15, -0.1) is 12.4 Å². The Morgan fingerprint density at radius 1 is 1.38 bits per heavy atom. The van der Waals surface area contributed by atoms with Gasteiger partial charge in [0.25, 0.3) is 0 Å². The standard InChI is InChI=1S/C10H17FN2OS.ClH/c11-8-6-9(12-7-8)10(14)13-2-1-4-15-5-3-13;/h8-9,12H,1-7H2;1H/t8-,9+;/m0./s1. The molecule has 0 radical (unpaired) electrons. The third-order valence-corrected chi connectivity index (χ3v) is 3.96. The monoisotopic (exact) mass is 268 g/mol. The molecule has 0 aromatic heterocycles. The summed E-state index contributed by atoms with van der Waals surface area (Å²) in [5.74, 6) is 2.24. The lowest BCUT2D eigenvalue weighted by Crippen LogP contribution is -2.44. The molecule has 0 saturated carbocycles. The Labute approximate surface area is 106 Å². The molecule has 2 fully saturated rings. The Hall–Kier alpha value is -0.000000000000000111. The van der Waals surface area contributed by atoms with Crippen molar-refractivity contribution < 1.29 is 9.18 Å². The van der Waals surface area contributed by atoms with E-state index in [9.17, 15) is 9.18 Å². The molecule has 2 aliphatic rings. The molecule has 0 bridgehead atoms. The largest absolute Gasteiger partial charge is 0.340 e. The Bertz CT molecular complexity index is 237. The van der Waals surface area contributed by atoms with Gasteiger partial charge in [-0.05, 0) is 12.2 Å². The molecule has 1 N–H and O–H groups in total. The second-order valence-electron chi connectivity index (χ2n) is 4.09. The summed E-state index contributed by atoms with van der Waals surface area (Å²) in [6.45, 7) is 1.98. The molecular formula is C10H18ClFN2OS. The molecule has 0 spiro atoms. The first-order valence-corrected chi connectivity index (χ1v) is 6.67. The third-order valence-electron chi connectivity index (χ3n) is 2.91. The van der Waals surface area contributed by atoms with E-state index in [-0.39, 0.29) is 24.4 Å². The van der Waals surface area contributed by atoms with E-state index in [0.717, 1.165) is 31.0 Å². The van der Waals surface area contributed by atoms with Crippen molar-refractivity contribution in [3.05, 3.63) is 0 Å². The number of hydrogen-bond acceptors (Lipinski definition) is 3. The number of carbonyl (C=O) groups excluding carboxylic acids is 1. The predicted molar refractivity (Wildman–Crippen MR) is 67.1 cm³/mol. The van der Waals surface area contributed by atoms with Crippen LogP contribution in [-0.4, -0.2) is 54.2 Å². The maximum absolute atomic E-state index is 12.9. The van der Waals surface area contributed by atoms with Crippen LogP contribution in [0.2, 0.25) is 0 Å². The van der Waals surface area contributed by atoms with E-state index in [1.807, 2.05) is 16.7 Å². The summed E-state index contributed by atoms with van der Waals surface area (Å²) in [6.07, 6.45) is 0.560. The van der Waals surface area contributed by atoms with Crippen molar-refractivity contribution in [2.24, 2.45) is 0 Å². The molecule has 2 atom stereocenters.